The Labute approximate surface area is 178 Å². The fourth-order valence-corrected chi connectivity index (χ4v) is 4.39. The van der Waals surface area contributed by atoms with E-state index in [4.69, 9.17) is 21.1 Å². The van der Waals surface area contributed by atoms with Crippen LogP contribution in [0.5, 0.6) is 11.5 Å². The van der Waals surface area contributed by atoms with E-state index in [0.29, 0.717) is 41.8 Å². The lowest BCUT2D eigenvalue weighted by Crippen LogP contribution is -2.44. The summed E-state index contributed by atoms with van der Waals surface area (Å²) in [5.74, 6) is 0.188. The second-order valence-corrected chi connectivity index (χ2v) is 8.08. The molecule has 156 valence electrons. The van der Waals surface area contributed by atoms with Crippen molar-refractivity contribution < 1.29 is 23.9 Å². The number of methoxy groups -OCH3 is 1. The van der Waals surface area contributed by atoms with Crippen molar-refractivity contribution in [3.05, 3.63) is 27.6 Å². The summed E-state index contributed by atoms with van der Waals surface area (Å²) in [4.78, 5) is 40.4. The third kappa shape index (κ3) is 4.87. The molecular formula is C20H23ClN2O5S. The molecule has 0 aliphatic carbocycles. The molecule has 2 fully saturated rings. The minimum Gasteiger partial charge on any atom is -0.493 e. The van der Waals surface area contributed by atoms with Gasteiger partial charge in [0, 0.05) is 13.1 Å². The van der Waals surface area contributed by atoms with Crippen LogP contribution in [0.15, 0.2) is 17.0 Å². The Morgan fingerprint density at radius 1 is 1.24 bits per heavy atom. The SMILES string of the molecule is CCOc1c(Cl)cc(/C=C2\SC(=O)N(CC(=O)N3CCCCC3)C2=O)cc1OC. The molecule has 2 aliphatic heterocycles. The van der Waals surface area contributed by atoms with E-state index in [1.165, 1.54) is 7.11 Å². The number of halogens is 1. The molecule has 1 aromatic rings. The van der Waals surface area contributed by atoms with Gasteiger partial charge in [-0.05, 0) is 61.7 Å². The number of hydrogen-bond donors (Lipinski definition) is 0. The average molecular weight is 439 g/mol. The van der Waals surface area contributed by atoms with Crippen molar-refractivity contribution in [3.63, 3.8) is 0 Å². The number of carbonyl (C=O) groups is 3. The van der Waals surface area contributed by atoms with E-state index in [9.17, 15) is 14.4 Å². The number of ether oxygens (including phenoxy) is 2. The van der Waals surface area contributed by atoms with Crippen LogP contribution >= 0.6 is 23.4 Å². The number of thioether (sulfide) groups is 1. The van der Waals surface area contributed by atoms with Crippen LogP contribution in [0.4, 0.5) is 4.79 Å². The Kier molecular flexibility index (Phi) is 7.08. The van der Waals surface area contributed by atoms with Crippen molar-refractivity contribution >= 4 is 46.5 Å². The van der Waals surface area contributed by atoms with Gasteiger partial charge in [0.05, 0.1) is 23.6 Å². The number of piperidine rings is 1. The van der Waals surface area contributed by atoms with Crippen LogP contribution in [0.2, 0.25) is 5.02 Å². The molecule has 0 N–H and O–H groups in total. The van der Waals surface area contributed by atoms with Gasteiger partial charge >= 0.3 is 0 Å². The Bertz CT molecular complexity index is 852. The fourth-order valence-electron chi connectivity index (χ4n) is 3.27. The molecule has 0 bridgehead atoms. The molecule has 0 atom stereocenters. The molecule has 0 unspecified atom stereocenters. The van der Waals surface area contributed by atoms with Gasteiger partial charge in [0.15, 0.2) is 11.5 Å². The number of carbonyl (C=O) groups excluding carboxylic acids is 3. The van der Waals surface area contributed by atoms with Crippen molar-refractivity contribution in [1.82, 2.24) is 9.80 Å². The predicted molar refractivity (Wildman–Crippen MR) is 112 cm³/mol. The zero-order valence-corrected chi connectivity index (χ0v) is 18.0. The molecule has 0 spiro atoms. The summed E-state index contributed by atoms with van der Waals surface area (Å²) in [5.41, 5.74) is 0.600. The molecule has 2 heterocycles. The van der Waals surface area contributed by atoms with E-state index in [-0.39, 0.29) is 17.4 Å². The Hall–Kier alpha value is -2.19. The summed E-state index contributed by atoms with van der Waals surface area (Å²) in [6.07, 6.45) is 4.57. The van der Waals surface area contributed by atoms with Gasteiger partial charge in [-0.3, -0.25) is 19.3 Å². The van der Waals surface area contributed by atoms with Gasteiger partial charge in [-0.25, -0.2) is 0 Å². The van der Waals surface area contributed by atoms with E-state index in [1.54, 1.807) is 23.1 Å². The molecular weight excluding hydrogens is 416 g/mol. The van der Waals surface area contributed by atoms with Crippen molar-refractivity contribution in [1.29, 1.82) is 0 Å². The molecule has 0 saturated carbocycles. The quantitative estimate of drug-likeness (QED) is 0.629. The van der Waals surface area contributed by atoms with Crippen LogP contribution < -0.4 is 9.47 Å². The maximum Gasteiger partial charge on any atom is 0.294 e. The summed E-state index contributed by atoms with van der Waals surface area (Å²) in [6.45, 7) is 3.39. The smallest absolute Gasteiger partial charge is 0.294 e. The van der Waals surface area contributed by atoms with Gasteiger partial charge in [0.25, 0.3) is 11.1 Å². The normalized spacial score (nSPS) is 18.5. The Morgan fingerprint density at radius 2 is 1.97 bits per heavy atom. The topological polar surface area (TPSA) is 76.2 Å². The van der Waals surface area contributed by atoms with Crippen LogP contribution in [-0.2, 0) is 9.59 Å². The number of nitrogens with zero attached hydrogens (tertiary/aromatic N) is 2. The molecule has 3 amide bonds. The van der Waals surface area contributed by atoms with Crippen LogP contribution in [0.25, 0.3) is 6.08 Å². The van der Waals surface area contributed by atoms with E-state index in [1.807, 2.05) is 6.92 Å². The van der Waals surface area contributed by atoms with Crippen LogP contribution in [0.1, 0.15) is 31.7 Å². The maximum absolute atomic E-state index is 12.7. The van der Waals surface area contributed by atoms with Crippen molar-refractivity contribution in [2.75, 3.05) is 33.4 Å². The van der Waals surface area contributed by atoms with Gasteiger partial charge in [0.2, 0.25) is 5.91 Å². The van der Waals surface area contributed by atoms with E-state index >= 15 is 0 Å². The second-order valence-electron chi connectivity index (χ2n) is 6.68. The molecule has 0 aromatic heterocycles. The highest BCUT2D eigenvalue weighted by atomic mass is 35.5. The van der Waals surface area contributed by atoms with E-state index in [0.717, 1.165) is 35.9 Å². The van der Waals surface area contributed by atoms with Crippen molar-refractivity contribution in [2.24, 2.45) is 0 Å². The molecule has 3 rings (SSSR count). The largest absolute Gasteiger partial charge is 0.493 e. The van der Waals surface area contributed by atoms with Crippen LogP contribution in [0.3, 0.4) is 0 Å². The summed E-state index contributed by atoms with van der Waals surface area (Å²) in [6, 6.07) is 3.33. The molecule has 7 nitrogen and oxygen atoms in total. The molecule has 29 heavy (non-hydrogen) atoms. The minimum atomic E-state index is -0.477. The number of rotatable bonds is 6. The number of imide groups is 1. The van der Waals surface area contributed by atoms with Crippen molar-refractivity contribution in [3.8, 4) is 11.5 Å². The zero-order valence-electron chi connectivity index (χ0n) is 16.4. The number of likely N-dealkylation sites (tertiary alicyclic amines) is 1. The summed E-state index contributed by atoms with van der Waals surface area (Å²) in [7, 11) is 1.50. The van der Waals surface area contributed by atoms with Crippen molar-refractivity contribution in [2.45, 2.75) is 26.2 Å². The average Bonchev–Trinajstić information content (AvgIpc) is 2.97. The number of benzene rings is 1. The lowest BCUT2D eigenvalue weighted by molar-refractivity contribution is -0.136. The fraction of sp³-hybridized carbons (Fsp3) is 0.450. The maximum atomic E-state index is 12.7. The van der Waals surface area contributed by atoms with Gasteiger partial charge in [-0.15, -0.1) is 0 Å². The third-order valence-electron chi connectivity index (χ3n) is 4.71. The highest BCUT2D eigenvalue weighted by Crippen LogP contribution is 2.39. The highest BCUT2D eigenvalue weighted by molar-refractivity contribution is 8.18. The van der Waals surface area contributed by atoms with Crippen LogP contribution in [0, 0.1) is 0 Å². The summed E-state index contributed by atoms with van der Waals surface area (Å²) >= 11 is 7.08. The summed E-state index contributed by atoms with van der Waals surface area (Å²) < 4.78 is 10.8. The first-order valence-corrected chi connectivity index (χ1v) is 10.7. The molecule has 1 aromatic carbocycles. The van der Waals surface area contributed by atoms with Gasteiger partial charge < -0.3 is 14.4 Å². The Balaban J connectivity index is 1.77. The lowest BCUT2D eigenvalue weighted by atomic mass is 10.1. The third-order valence-corrected chi connectivity index (χ3v) is 5.90. The Morgan fingerprint density at radius 3 is 2.62 bits per heavy atom. The minimum absolute atomic E-state index is 0.195. The number of amides is 3. The first-order chi connectivity index (χ1) is 13.9. The second kappa shape index (κ2) is 9.54. The molecule has 2 aliphatic rings. The zero-order chi connectivity index (χ0) is 21.0. The molecule has 9 heteroatoms. The first-order valence-electron chi connectivity index (χ1n) is 9.48. The predicted octanol–water partition coefficient (Wildman–Crippen LogP) is 3.80. The number of hydrogen-bond acceptors (Lipinski definition) is 6. The molecule has 0 radical (unpaired) electrons. The highest BCUT2D eigenvalue weighted by Gasteiger charge is 2.37. The van der Waals surface area contributed by atoms with Gasteiger partial charge in [-0.2, -0.15) is 0 Å². The monoisotopic (exact) mass is 438 g/mol. The van der Waals surface area contributed by atoms with Gasteiger partial charge in [0.1, 0.15) is 6.54 Å². The molecule has 2 saturated heterocycles. The van der Waals surface area contributed by atoms with E-state index in [2.05, 4.69) is 0 Å². The van der Waals surface area contributed by atoms with E-state index < -0.39 is 11.1 Å². The standard InChI is InChI=1S/C20H23ClN2O5S/c1-3-28-18-14(21)9-13(10-15(18)27-2)11-16-19(25)23(20(26)29-16)12-17(24)22-7-5-4-6-8-22/h9-11H,3-8,12H2,1-2H3/b16-11-. The lowest BCUT2D eigenvalue weighted by Gasteiger charge is -2.27. The van der Waals surface area contributed by atoms with Crippen LogP contribution in [-0.4, -0.2) is 60.2 Å². The first kappa shape index (κ1) is 21.5. The van der Waals surface area contributed by atoms with Gasteiger partial charge in [-0.1, -0.05) is 11.6 Å². The summed E-state index contributed by atoms with van der Waals surface area (Å²) in [5, 5.41) is -0.104.